The summed E-state index contributed by atoms with van der Waals surface area (Å²) in [6, 6.07) is 14.0. The van der Waals surface area contributed by atoms with Crippen LogP contribution in [-0.4, -0.2) is 19.0 Å². The van der Waals surface area contributed by atoms with Gasteiger partial charge in [0, 0.05) is 10.6 Å². The molecule has 2 aromatic carbocycles. The average Bonchev–Trinajstić information content (AvgIpc) is 2.61. The van der Waals surface area contributed by atoms with Gasteiger partial charge in [0.2, 0.25) is 0 Å². The van der Waals surface area contributed by atoms with Crippen molar-refractivity contribution in [3.05, 3.63) is 70.2 Å². The maximum atomic E-state index is 12.5. The van der Waals surface area contributed by atoms with Gasteiger partial charge in [-0.3, -0.25) is 9.59 Å². The number of rotatable bonds is 6. The molecule has 1 amide bonds. The summed E-state index contributed by atoms with van der Waals surface area (Å²) in [6.07, 6.45) is 0.967. The van der Waals surface area contributed by atoms with Crippen molar-refractivity contribution in [1.82, 2.24) is 5.32 Å². The Kier molecular flexibility index (Phi) is 6.38. The Morgan fingerprint density at radius 1 is 1.08 bits per heavy atom. The average molecular weight is 346 g/mol. The predicted molar refractivity (Wildman–Crippen MR) is 94.1 cm³/mol. The molecule has 0 saturated heterocycles. The first-order valence-corrected chi connectivity index (χ1v) is 8.13. The van der Waals surface area contributed by atoms with Crippen molar-refractivity contribution in [2.45, 2.75) is 25.8 Å². The lowest BCUT2D eigenvalue weighted by atomic mass is 10.0. The summed E-state index contributed by atoms with van der Waals surface area (Å²) in [7, 11) is 1.33. The van der Waals surface area contributed by atoms with Crippen molar-refractivity contribution >= 4 is 23.5 Å². The highest BCUT2D eigenvalue weighted by Gasteiger charge is 2.19. The number of hydrogen-bond acceptors (Lipinski definition) is 3. The Balaban J connectivity index is 2.18. The molecule has 2 rings (SSSR count). The van der Waals surface area contributed by atoms with Gasteiger partial charge in [-0.25, -0.2) is 0 Å². The lowest BCUT2D eigenvalue weighted by Crippen LogP contribution is -2.30. The molecule has 0 aromatic heterocycles. The van der Waals surface area contributed by atoms with Crippen LogP contribution in [0.15, 0.2) is 48.5 Å². The summed E-state index contributed by atoms with van der Waals surface area (Å²) in [5, 5.41) is 3.48. The number of nitrogens with one attached hydrogen (secondary N) is 1. The lowest BCUT2D eigenvalue weighted by molar-refractivity contribution is -0.141. The third kappa shape index (κ3) is 4.83. The third-order valence-corrected chi connectivity index (χ3v) is 4.05. The largest absolute Gasteiger partial charge is 0.469 e. The Morgan fingerprint density at radius 3 is 2.25 bits per heavy atom. The third-order valence-electron chi connectivity index (χ3n) is 3.80. The highest BCUT2D eigenvalue weighted by molar-refractivity contribution is 6.30. The van der Waals surface area contributed by atoms with Crippen LogP contribution in [-0.2, 0) is 16.0 Å². The van der Waals surface area contributed by atoms with Crippen LogP contribution in [0.1, 0.15) is 40.9 Å². The van der Waals surface area contributed by atoms with Crippen LogP contribution in [0.5, 0.6) is 0 Å². The molecule has 5 heteroatoms. The van der Waals surface area contributed by atoms with E-state index in [2.05, 4.69) is 12.2 Å². The van der Waals surface area contributed by atoms with Gasteiger partial charge in [0.15, 0.2) is 0 Å². The first-order chi connectivity index (χ1) is 11.5. The fourth-order valence-electron chi connectivity index (χ4n) is 2.33. The molecule has 1 atom stereocenters. The number of amides is 1. The minimum Gasteiger partial charge on any atom is -0.469 e. The molecule has 0 bridgehead atoms. The zero-order valence-electron chi connectivity index (χ0n) is 13.7. The molecule has 24 heavy (non-hydrogen) atoms. The summed E-state index contributed by atoms with van der Waals surface area (Å²) in [4.78, 5) is 24.1. The Morgan fingerprint density at radius 2 is 1.71 bits per heavy atom. The molecule has 1 N–H and O–H groups in total. The second kappa shape index (κ2) is 8.50. The van der Waals surface area contributed by atoms with Crippen LogP contribution in [0.25, 0.3) is 0 Å². The summed E-state index contributed by atoms with van der Waals surface area (Å²) in [6.45, 7) is 2.06. The highest BCUT2D eigenvalue weighted by atomic mass is 35.5. The lowest BCUT2D eigenvalue weighted by Gasteiger charge is -2.18. The first-order valence-electron chi connectivity index (χ1n) is 7.75. The molecular formula is C19H20ClNO3. The number of benzene rings is 2. The van der Waals surface area contributed by atoms with Gasteiger partial charge >= 0.3 is 5.97 Å². The number of methoxy groups -OCH3 is 1. The summed E-state index contributed by atoms with van der Waals surface area (Å²) >= 11 is 5.90. The number of aryl methyl sites for hydroxylation is 1. The molecular weight excluding hydrogens is 326 g/mol. The van der Waals surface area contributed by atoms with Crippen LogP contribution < -0.4 is 5.32 Å². The summed E-state index contributed by atoms with van der Waals surface area (Å²) < 4.78 is 4.73. The van der Waals surface area contributed by atoms with Gasteiger partial charge < -0.3 is 10.1 Å². The maximum absolute atomic E-state index is 12.5. The van der Waals surface area contributed by atoms with E-state index >= 15 is 0 Å². The normalized spacial score (nSPS) is 11.6. The Hall–Kier alpha value is -2.33. The van der Waals surface area contributed by atoms with Crippen LogP contribution in [0, 0.1) is 0 Å². The van der Waals surface area contributed by atoms with Gasteiger partial charge in [0.25, 0.3) is 5.91 Å². The van der Waals surface area contributed by atoms with Crippen molar-refractivity contribution in [3.63, 3.8) is 0 Å². The molecule has 0 saturated carbocycles. The second-order valence-corrected chi connectivity index (χ2v) is 5.84. The Labute approximate surface area is 146 Å². The topological polar surface area (TPSA) is 55.4 Å². The van der Waals surface area contributed by atoms with Crippen molar-refractivity contribution in [1.29, 1.82) is 0 Å². The van der Waals surface area contributed by atoms with E-state index in [0.29, 0.717) is 10.6 Å². The van der Waals surface area contributed by atoms with Crippen molar-refractivity contribution in [2.24, 2.45) is 0 Å². The van der Waals surface area contributed by atoms with Gasteiger partial charge in [0.05, 0.1) is 19.6 Å². The van der Waals surface area contributed by atoms with Crippen LogP contribution in [0.3, 0.4) is 0 Å². The highest BCUT2D eigenvalue weighted by Crippen LogP contribution is 2.20. The first kappa shape index (κ1) is 18.0. The quantitative estimate of drug-likeness (QED) is 0.807. The molecule has 0 aliphatic carbocycles. The van der Waals surface area contributed by atoms with Gasteiger partial charge in [-0.1, -0.05) is 42.8 Å². The van der Waals surface area contributed by atoms with Crippen molar-refractivity contribution in [2.75, 3.05) is 7.11 Å². The summed E-state index contributed by atoms with van der Waals surface area (Å²) in [5.41, 5.74) is 2.51. The van der Waals surface area contributed by atoms with Crippen LogP contribution in [0.2, 0.25) is 5.02 Å². The second-order valence-electron chi connectivity index (χ2n) is 5.41. The Bertz CT molecular complexity index is 696. The number of halogens is 1. The maximum Gasteiger partial charge on any atom is 0.307 e. The number of carbonyl (C=O) groups excluding carboxylic acids is 2. The van der Waals surface area contributed by atoms with Crippen molar-refractivity contribution < 1.29 is 14.3 Å². The van der Waals surface area contributed by atoms with Gasteiger partial charge in [-0.2, -0.15) is 0 Å². The molecule has 1 unspecified atom stereocenters. The molecule has 0 fully saturated rings. The zero-order valence-corrected chi connectivity index (χ0v) is 14.5. The van der Waals surface area contributed by atoms with Crippen LogP contribution >= 0.6 is 11.6 Å². The zero-order chi connectivity index (χ0) is 17.5. The number of esters is 1. The SMILES string of the molecule is CCc1ccc(C(=O)NC(CC(=O)OC)c2ccc(Cl)cc2)cc1. The van der Waals surface area contributed by atoms with E-state index in [1.807, 2.05) is 12.1 Å². The van der Waals surface area contributed by atoms with E-state index in [-0.39, 0.29) is 12.3 Å². The molecule has 0 aliphatic heterocycles. The number of hydrogen-bond donors (Lipinski definition) is 1. The predicted octanol–water partition coefficient (Wildman–Crippen LogP) is 3.94. The monoisotopic (exact) mass is 345 g/mol. The smallest absolute Gasteiger partial charge is 0.307 e. The minimum absolute atomic E-state index is 0.0525. The fraction of sp³-hybridized carbons (Fsp3) is 0.263. The van der Waals surface area contributed by atoms with Crippen molar-refractivity contribution in [3.8, 4) is 0 Å². The van der Waals surface area contributed by atoms with Gasteiger partial charge in [-0.05, 0) is 41.8 Å². The van der Waals surface area contributed by atoms with E-state index in [9.17, 15) is 9.59 Å². The van der Waals surface area contributed by atoms with E-state index in [4.69, 9.17) is 16.3 Å². The number of ether oxygens (including phenoxy) is 1. The van der Waals surface area contributed by atoms with Gasteiger partial charge in [0.1, 0.15) is 0 Å². The molecule has 126 valence electrons. The van der Waals surface area contributed by atoms with E-state index in [1.54, 1.807) is 36.4 Å². The number of carbonyl (C=O) groups is 2. The molecule has 4 nitrogen and oxygen atoms in total. The molecule has 2 aromatic rings. The van der Waals surface area contributed by atoms with E-state index in [0.717, 1.165) is 17.5 Å². The molecule has 0 radical (unpaired) electrons. The molecule has 0 aliphatic rings. The van der Waals surface area contributed by atoms with Gasteiger partial charge in [-0.15, -0.1) is 0 Å². The molecule has 0 heterocycles. The van der Waals surface area contributed by atoms with E-state index < -0.39 is 12.0 Å². The minimum atomic E-state index is -0.479. The standard InChI is InChI=1S/C19H20ClNO3/c1-3-13-4-6-15(7-5-13)19(23)21-17(12-18(22)24-2)14-8-10-16(20)11-9-14/h4-11,17H,3,12H2,1-2H3,(H,21,23). The van der Waals surface area contributed by atoms with Crippen LogP contribution in [0.4, 0.5) is 0 Å². The summed E-state index contributed by atoms with van der Waals surface area (Å²) in [5.74, 6) is -0.627. The molecule has 0 spiro atoms. The van der Waals surface area contributed by atoms with E-state index in [1.165, 1.54) is 7.11 Å². The fourth-order valence-corrected chi connectivity index (χ4v) is 2.46.